The maximum absolute atomic E-state index is 12.1. The molecule has 32 heavy (non-hydrogen) atoms. The zero-order valence-corrected chi connectivity index (χ0v) is 21.6. The van der Waals surface area contributed by atoms with Gasteiger partial charge in [-0.3, -0.25) is 4.79 Å². The summed E-state index contributed by atoms with van der Waals surface area (Å²) in [5.41, 5.74) is 4.32. The first-order valence-corrected chi connectivity index (χ1v) is 13.5. The molecule has 1 aromatic heterocycles. The van der Waals surface area contributed by atoms with Crippen LogP contribution < -0.4 is 10.6 Å². The summed E-state index contributed by atoms with van der Waals surface area (Å²) in [5.74, 6) is 1.11. The lowest BCUT2D eigenvalue weighted by molar-refractivity contribution is 0.0975. The number of Topliss-reactive ketones (excluding diaryl/α,β-unsaturated/α-hetero) is 1. The lowest BCUT2D eigenvalue weighted by Crippen LogP contribution is -2.43. The zero-order chi connectivity index (χ0) is 23.3. The summed E-state index contributed by atoms with van der Waals surface area (Å²) in [6, 6.07) is 0.768. The van der Waals surface area contributed by atoms with E-state index in [-0.39, 0.29) is 5.78 Å². The van der Waals surface area contributed by atoms with Gasteiger partial charge in [0.1, 0.15) is 0 Å². The van der Waals surface area contributed by atoms with E-state index in [1.165, 1.54) is 64.5 Å². The lowest BCUT2D eigenvalue weighted by atomic mass is 9.85. The Morgan fingerprint density at radius 2 is 1.88 bits per heavy atom. The Kier molecular flexibility index (Phi) is 12.1. The summed E-state index contributed by atoms with van der Waals surface area (Å²) < 4.78 is 2.27. The molecule has 1 saturated heterocycles. The van der Waals surface area contributed by atoms with Gasteiger partial charge in [-0.05, 0) is 64.0 Å². The Labute approximate surface area is 197 Å². The molecule has 0 bridgehead atoms. The monoisotopic (exact) mass is 440 g/mol. The third-order valence-electron chi connectivity index (χ3n) is 7.02. The van der Waals surface area contributed by atoms with Crippen molar-refractivity contribution in [3.05, 3.63) is 28.4 Å². The minimum absolute atomic E-state index is 0.165. The number of allylic oxidation sites excluding steroid dienone is 1. The van der Waals surface area contributed by atoms with E-state index < -0.39 is 0 Å². The van der Waals surface area contributed by atoms with E-state index in [0.717, 1.165) is 53.9 Å². The van der Waals surface area contributed by atoms with Gasteiger partial charge in [0, 0.05) is 36.1 Å². The number of carbonyl (C=O) groups excluding carboxylic acids is 1. The summed E-state index contributed by atoms with van der Waals surface area (Å²) in [7, 11) is 0. The standard InChI is InChI=1S/C27H42N2O.C2H6/c1-4-6-8-13-23-16-19-28(24(20-23)12-5-2)17-11-18-29-21-26(22(3)30)25-14-9-7-10-15-27(25)29;1-2/h10,14,21,23-24H,4-9,11-13,16-20H2,1-3H3;1-2H3. The number of carbonyl (C=O) groups is 1. The van der Waals surface area contributed by atoms with Crippen molar-refractivity contribution < 1.29 is 4.79 Å². The number of hydrogen-bond acceptors (Lipinski definition) is 2. The fourth-order valence-corrected chi connectivity index (χ4v) is 5.38. The molecule has 1 fully saturated rings. The molecule has 3 nitrogen and oxygen atoms in total. The Hall–Kier alpha value is -1.57. The van der Waals surface area contributed by atoms with Crippen LogP contribution in [0.15, 0.2) is 12.3 Å². The van der Waals surface area contributed by atoms with Crippen LogP contribution in [0.2, 0.25) is 0 Å². The van der Waals surface area contributed by atoms with Crippen LogP contribution in [0.5, 0.6) is 0 Å². The van der Waals surface area contributed by atoms with Gasteiger partial charge >= 0.3 is 0 Å². The second kappa shape index (κ2) is 14.6. The number of aryl methyl sites for hydroxylation is 1. The molecule has 1 aliphatic carbocycles. The molecule has 3 heteroatoms. The molecular weight excluding hydrogens is 392 g/mol. The highest BCUT2D eigenvalue weighted by Crippen LogP contribution is 2.29. The van der Waals surface area contributed by atoms with Crippen LogP contribution in [-0.2, 0) is 6.54 Å². The van der Waals surface area contributed by atoms with Crippen molar-refractivity contribution in [1.29, 1.82) is 0 Å². The average molecular weight is 441 g/mol. The molecule has 180 valence electrons. The molecule has 0 N–H and O–H groups in total. The minimum Gasteiger partial charge on any atom is -0.340 e. The molecular formula is C29H48N2O. The fourth-order valence-electron chi connectivity index (χ4n) is 5.38. The summed E-state index contributed by atoms with van der Waals surface area (Å²) in [6.45, 7) is 13.7. The normalized spacial score (nSPS) is 20.4. The van der Waals surface area contributed by atoms with E-state index in [9.17, 15) is 4.79 Å². The number of aromatic nitrogens is 1. The highest BCUT2D eigenvalue weighted by atomic mass is 16.1. The first kappa shape index (κ1) is 26.7. The van der Waals surface area contributed by atoms with E-state index >= 15 is 0 Å². The number of piperidine rings is 1. The van der Waals surface area contributed by atoms with Crippen LogP contribution in [0.4, 0.5) is 0 Å². The SMILES string of the molecule is CC.CCCCCC1CCN(CCCn2cc(C(C)=O)c3c2=C=CCCC=3)C(CCC)C1. The second-order valence-corrected chi connectivity index (χ2v) is 9.40. The van der Waals surface area contributed by atoms with Crippen molar-refractivity contribution in [2.24, 2.45) is 5.92 Å². The Morgan fingerprint density at radius 1 is 1.06 bits per heavy atom. The summed E-state index contributed by atoms with van der Waals surface area (Å²) in [5, 5.41) is 2.21. The summed E-state index contributed by atoms with van der Waals surface area (Å²) >= 11 is 0. The van der Waals surface area contributed by atoms with Gasteiger partial charge < -0.3 is 9.47 Å². The second-order valence-electron chi connectivity index (χ2n) is 9.40. The minimum atomic E-state index is 0.165. The highest BCUT2D eigenvalue weighted by Gasteiger charge is 2.27. The van der Waals surface area contributed by atoms with E-state index in [4.69, 9.17) is 0 Å². The van der Waals surface area contributed by atoms with E-state index in [2.05, 4.69) is 47.4 Å². The van der Waals surface area contributed by atoms with Gasteiger partial charge in [0.25, 0.3) is 0 Å². The maximum Gasteiger partial charge on any atom is 0.161 e. The van der Waals surface area contributed by atoms with Crippen LogP contribution in [-0.4, -0.2) is 34.4 Å². The molecule has 0 amide bonds. The van der Waals surface area contributed by atoms with Crippen molar-refractivity contribution in [2.75, 3.05) is 13.1 Å². The third kappa shape index (κ3) is 7.49. The largest absolute Gasteiger partial charge is 0.340 e. The van der Waals surface area contributed by atoms with Crippen molar-refractivity contribution in [1.82, 2.24) is 9.47 Å². The molecule has 0 saturated carbocycles. The number of hydrogen-bond donors (Lipinski definition) is 0. The number of likely N-dealkylation sites (tertiary alicyclic amines) is 1. The van der Waals surface area contributed by atoms with Gasteiger partial charge in [-0.15, -0.1) is 0 Å². The first-order chi connectivity index (χ1) is 15.6. The van der Waals surface area contributed by atoms with Gasteiger partial charge in [0.2, 0.25) is 0 Å². The van der Waals surface area contributed by atoms with Crippen molar-refractivity contribution in [2.45, 2.75) is 118 Å². The van der Waals surface area contributed by atoms with Crippen molar-refractivity contribution in [3.63, 3.8) is 0 Å². The van der Waals surface area contributed by atoms with Gasteiger partial charge in [0.05, 0.1) is 5.35 Å². The average Bonchev–Trinajstić information content (AvgIpc) is 2.97. The lowest BCUT2D eigenvalue weighted by Gasteiger charge is -2.40. The third-order valence-corrected chi connectivity index (χ3v) is 7.02. The van der Waals surface area contributed by atoms with E-state index in [0.29, 0.717) is 0 Å². The van der Waals surface area contributed by atoms with Crippen molar-refractivity contribution in [3.8, 4) is 0 Å². The molecule has 1 aliphatic heterocycles. The molecule has 2 atom stereocenters. The molecule has 2 unspecified atom stereocenters. The first-order valence-electron chi connectivity index (χ1n) is 13.5. The summed E-state index contributed by atoms with van der Waals surface area (Å²) in [4.78, 5) is 14.9. The number of nitrogens with zero attached hydrogens (tertiary/aromatic N) is 2. The van der Waals surface area contributed by atoms with Gasteiger partial charge in [0.15, 0.2) is 5.78 Å². The topological polar surface area (TPSA) is 25.2 Å². The predicted molar refractivity (Wildman–Crippen MR) is 138 cm³/mol. The maximum atomic E-state index is 12.1. The van der Waals surface area contributed by atoms with Gasteiger partial charge in [-0.25, -0.2) is 0 Å². The molecule has 2 heterocycles. The molecule has 0 radical (unpaired) electrons. The molecule has 0 spiro atoms. The summed E-state index contributed by atoms with van der Waals surface area (Å²) in [6.07, 6.45) is 20.5. The number of fused-ring (bicyclic) bond motifs is 1. The zero-order valence-electron chi connectivity index (χ0n) is 21.6. The van der Waals surface area contributed by atoms with Crippen LogP contribution in [0.25, 0.3) is 11.8 Å². The van der Waals surface area contributed by atoms with Gasteiger partial charge in [-0.1, -0.05) is 71.6 Å². The number of ketones is 1. The molecule has 1 aromatic rings. The van der Waals surface area contributed by atoms with Crippen LogP contribution in [0, 0.1) is 5.92 Å². The van der Waals surface area contributed by atoms with E-state index in [1.807, 2.05) is 13.8 Å². The Bertz CT molecular complexity index is 843. The molecule has 2 aliphatic rings. The quantitative estimate of drug-likeness (QED) is 0.308. The predicted octanol–water partition coefficient (Wildman–Crippen LogP) is 6.08. The fraction of sp³-hybridized carbons (Fsp3) is 0.724. The molecule has 3 rings (SSSR count). The van der Waals surface area contributed by atoms with Crippen LogP contribution in [0.1, 0.15) is 116 Å². The number of rotatable bonds is 11. The molecule has 0 aromatic carbocycles. The smallest absolute Gasteiger partial charge is 0.161 e. The van der Waals surface area contributed by atoms with Gasteiger partial charge in [-0.2, -0.15) is 0 Å². The Morgan fingerprint density at radius 3 is 2.59 bits per heavy atom. The van der Waals surface area contributed by atoms with Crippen LogP contribution in [0.3, 0.4) is 0 Å². The van der Waals surface area contributed by atoms with Crippen LogP contribution >= 0.6 is 0 Å². The highest BCUT2D eigenvalue weighted by molar-refractivity contribution is 5.94. The van der Waals surface area contributed by atoms with E-state index in [1.54, 1.807) is 6.92 Å². The van der Waals surface area contributed by atoms with Crippen molar-refractivity contribution >= 4 is 17.6 Å². The number of unbranched alkanes of at least 4 members (excludes halogenated alkanes) is 2. The Balaban J connectivity index is 0.00000176.